The number of rotatable bonds is 2. The molecule has 3 atom stereocenters. The summed E-state index contributed by atoms with van der Waals surface area (Å²) in [5, 5.41) is 0. The van der Waals surface area contributed by atoms with Gasteiger partial charge in [-0.2, -0.15) is 0 Å². The third kappa shape index (κ3) is 1.91. The van der Waals surface area contributed by atoms with Gasteiger partial charge in [-0.25, -0.2) is 0 Å². The summed E-state index contributed by atoms with van der Waals surface area (Å²) >= 11 is 0. The van der Waals surface area contributed by atoms with Crippen LogP contribution in [0, 0.1) is 17.8 Å². The third-order valence-corrected chi connectivity index (χ3v) is 4.12. The lowest BCUT2D eigenvalue weighted by molar-refractivity contribution is -0.141. The highest BCUT2D eigenvalue weighted by molar-refractivity contribution is 6.05. The molecule has 100 valence electrons. The van der Waals surface area contributed by atoms with Gasteiger partial charge >= 0.3 is 0 Å². The summed E-state index contributed by atoms with van der Waals surface area (Å²) in [6, 6.07) is 3.55. The van der Waals surface area contributed by atoms with E-state index in [1.807, 2.05) is 13.8 Å². The number of amides is 2. The van der Waals surface area contributed by atoms with Gasteiger partial charge in [0.25, 0.3) is 0 Å². The number of fused-ring (bicyclic) bond motifs is 1. The summed E-state index contributed by atoms with van der Waals surface area (Å²) in [6.07, 6.45) is 4.37. The Bertz CT molecular complexity index is 544. The number of carbonyl (C=O) groups excluding carboxylic acids is 2. The molecule has 1 saturated heterocycles. The standard InChI is InChI=1S/C15H17NO3/c1-9-6-10(2)13-12(7-9)14(17)16(15(13)18)8-11-4-3-5-19-11/h3-6,10,12-13H,7-8H2,1-2H3/t10-,12-,13+/m1/s1. The first-order valence-corrected chi connectivity index (χ1v) is 6.63. The van der Waals surface area contributed by atoms with E-state index in [0.717, 1.165) is 0 Å². The second kappa shape index (κ2) is 4.37. The third-order valence-electron chi connectivity index (χ3n) is 4.12. The van der Waals surface area contributed by atoms with Crippen molar-refractivity contribution in [3.63, 3.8) is 0 Å². The fourth-order valence-electron chi connectivity index (χ4n) is 3.30. The molecule has 4 heteroatoms. The fourth-order valence-corrected chi connectivity index (χ4v) is 3.30. The SMILES string of the molecule is CC1=C[C@@H](C)[C@@H]2C(=O)N(Cc3ccco3)C(=O)[C@@H]2C1. The monoisotopic (exact) mass is 259 g/mol. The van der Waals surface area contributed by atoms with Crippen LogP contribution in [0.1, 0.15) is 26.0 Å². The van der Waals surface area contributed by atoms with Crippen molar-refractivity contribution >= 4 is 11.8 Å². The lowest BCUT2D eigenvalue weighted by atomic mass is 9.76. The Kier molecular flexibility index (Phi) is 2.81. The van der Waals surface area contributed by atoms with Gasteiger partial charge in [0.05, 0.1) is 24.6 Å². The van der Waals surface area contributed by atoms with E-state index in [1.165, 1.54) is 10.5 Å². The van der Waals surface area contributed by atoms with E-state index in [4.69, 9.17) is 4.42 Å². The maximum Gasteiger partial charge on any atom is 0.234 e. The summed E-state index contributed by atoms with van der Waals surface area (Å²) in [4.78, 5) is 26.2. The lowest BCUT2D eigenvalue weighted by Crippen LogP contribution is -2.31. The predicted molar refractivity (Wildman–Crippen MR) is 68.8 cm³/mol. The van der Waals surface area contributed by atoms with Gasteiger partial charge in [0.1, 0.15) is 5.76 Å². The highest BCUT2D eigenvalue weighted by Crippen LogP contribution is 2.41. The molecule has 0 aromatic carbocycles. The number of hydrogen-bond acceptors (Lipinski definition) is 3. The number of carbonyl (C=O) groups is 2. The number of nitrogens with zero attached hydrogens (tertiary/aromatic N) is 1. The average Bonchev–Trinajstić information content (AvgIpc) is 2.93. The minimum absolute atomic E-state index is 0.0503. The first-order chi connectivity index (χ1) is 9.08. The molecule has 2 heterocycles. The van der Waals surface area contributed by atoms with Crippen LogP contribution in [-0.4, -0.2) is 16.7 Å². The normalized spacial score (nSPS) is 30.5. The first-order valence-electron chi connectivity index (χ1n) is 6.63. The van der Waals surface area contributed by atoms with Crippen LogP contribution in [0.5, 0.6) is 0 Å². The van der Waals surface area contributed by atoms with Crippen LogP contribution in [0.2, 0.25) is 0 Å². The summed E-state index contributed by atoms with van der Waals surface area (Å²) < 4.78 is 5.23. The van der Waals surface area contributed by atoms with E-state index in [0.29, 0.717) is 12.2 Å². The molecule has 0 unspecified atom stereocenters. The molecule has 19 heavy (non-hydrogen) atoms. The molecule has 0 N–H and O–H groups in total. The molecular weight excluding hydrogens is 242 g/mol. The summed E-state index contributed by atoms with van der Waals surface area (Å²) in [5.74, 6) is 0.316. The molecule has 0 radical (unpaired) electrons. The molecular formula is C15H17NO3. The Balaban J connectivity index is 1.86. The Morgan fingerprint density at radius 3 is 2.84 bits per heavy atom. The molecule has 1 aromatic heterocycles. The maximum atomic E-state index is 12.4. The van der Waals surface area contributed by atoms with Gasteiger partial charge in [-0.15, -0.1) is 0 Å². The van der Waals surface area contributed by atoms with Crippen LogP contribution < -0.4 is 0 Å². The fraction of sp³-hybridized carbons (Fsp3) is 0.467. The number of hydrogen-bond donors (Lipinski definition) is 0. The summed E-state index contributed by atoms with van der Waals surface area (Å²) in [7, 11) is 0. The highest BCUT2D eigenvalue weighted by Gasteiger charge is 2.50. The minimum atomic E-state index is -0.189. The summed E-state index contributed by atoms with van der Waals surface area (Å²) in [5.41, 5.74) is 1.20. The number of likely N-dealkylation sites (tertiary alicyclic amines) is 1. The summed E-state index contributed by atoms with van der Waals surface area (Å²) in [6.45, 7) is 4.30. The van der Waals surface area contributed by atoms with Gasteiger partial charge in [-0.05, 0) is 31.4 Å². The van der Waals surface area contributed by atoms with E-state index < -0.39 is 0 Å². The van der Waals surface area contributed by atoms with E-state index in [1.54, 1.807) is 18.4 Å². The van der Waals surface area contributed by atoms with Crippen LogP contribution in [0.3, 0.4) is 0 Å². The van der Waals surface area contributed by atoms with E-state index in [-0.39, 0.29) is 36.1 Å². The topological polar surface area (TPSA) is 50.5 Å². The molecule has 4 nitrogen and oxygen atoms in total. The Hall–Kier alpha value is -1.84. The first kappa shape index (κ1) is 12.2. The van der Waals surface area contributed by atoms with Gasteiger partial charge < -0.3 is 4.42 Å². The smallest absolute Gasteiger partial charge is 0.234 e. The van der Waals surface area contributed by atoms with Crippen molar-refractivity contribution in [3.05, 3.63) is 35.8 Å². The molecule has 2 amide bonds. The van der Waals surface area contributed by atoms with Crippen molar-refractivity contribution in [2.75, 3.05) is 0 Å². The molecule has 1 fully saturated rings. The second-order valence-corrected chi connectivity index (χ2v) is 5.55. The van der Waals surface area contributed by atoms with Gasteiger partial charge in [-0.3, -0.25) is 14.5 Å². The highest BCUT2D eigenvalue weighted by atomic mass is 16.3. The molecule has 0 saturated carbocycles. The van der Waals surface area contributed by atoms with Crippen molar-refractivity contribution in [1.82, 2.24) is 4.90 Å². The average molecular weight is 259 g/mol. The largest absolute Gasteiger partial charge is 0.467 e. The predicted octanol–water partition coefficient (Wildman–Crippen LogP) is 2.37. The maximum absolute atomic E-state index is 12.4. The number of furan rings is 1. The van der Waals surface area contributed by atoms with Crippen molar-refractivity contribution in [2.24, 2.45) is 17.8 Å². The van der Waals surface area contributed by atoms with Crippen LogP contribution in [-0.2, 0) is 16.1 Å². The minimum Gasteiger partial charge on any atom is -0.467 e. The van der Waals surface area contributed by atoms with Gasteiger partial charge in [-0.1, -0.05) is 18.6 Å². The van der Waals surface area contributed by atoms with Gasteiger partial charge in [0.15, 0.2) is 0 Å². The van der Waals surface area contributed by atoms with E-state index in [2.05, 4.69) is 6.08 Å². The zero-order valence-electron chi connectivity index (χ0n) is 11.1. The quantitative estimate of drug-likeness (QED) is 0.605. The Morgan fingerprint density at radius 1 is 1.37 bits per heavy atom. The van der Waals surface area contributed by atoms with E-state index >= 15 is 0 Å². The molecule has 3 rings (SSSR count). The molecule has 0 spiro atoms. The lowest BCUT2D eigenvalue weighted by Gasteiger charge is -2.25. The van der Waals surface area contributed by atoms with Crippen molar-refractivity contribution < 1.29 is 14.0 Å². The number of allylic oxidation sites excluding steroid dienone is 2. The second-order valence-electron chi connectivity index (χ2n) is 5.55. The van der Waals surface area contributed by atoms with Gasteiger partial charge in [0, 0.05) is 0 Å². The van der Waals surface area contributed by atoms with Crippen LogP contribution >= 0.6 is 0 Å². The molecule has 2 aliphatic rings. The zero-order chi connectivity index (χ0) is 13.6. The van der Waals surface area contributed by atoms with E-state index in [9.17, 15) is 9.59 Å². The number of imide groups is 1. The molecule has 0 bridgehead atoms. The Morgan fingerprint density at radius 2 is 2.16 bits per heavy atom. The Labute approximate surface area is 112 Å². The van der Waals surface area contributed by atoms with Crippen molar-refractivity contribution in [2.45, 2.75) is 26.8 Å². The van der Waals surface area contributed by atoms with Crippen molar-refractivity contribution in [1.29, 1.82) is 0 Å². The van der Waals surface area contributed by atoms with Gasteiger partial charge in [0.2, 0.25) is 11.8 Å². The molecule has 1 aliphatic heterocycles. The van der Waals surface area contributed by atoms with Crippen LogP contribution in [0.25, 0.3) is 0 Å². The molecule has 1 aromatic rings. The molecule has 1 aliphatic carbocycles. The zero-order valence-corrected chi connectivity index (χ0v) is 11.1. The van der Waals surface area contributed by atoms with Crippen molar-refractivity contribution in [3.8, 4) is 0 Å². The van der Waals surface area contributed by atoms with Crippen LogP contribution in [0.4, 0.5) is 0 Å². The van der Waals surface area contributed by atoms with Crippen LogP contribution in [0.15, 0.2) is 34.5 Å².